The highest BCUT2D eigenvalue weighted by Gasteiger charge is 2.37. The summed E-state index contributed by atoms with van der Waals surface area (Å²) in [4.78, 5) is 26.0. The molecular weight excluding hydrogens is 556 g/mol. The Kier molecular flexibility index (Phi) is 8.74. The Bertz CT molecular complexity index is 1780. The standard InChI is InChI=1S/C36H38N2O6/c1-21-13-15-28(22(2)17-21)33(26-11-9-8-10-12-26)37-31(39)19-25-14-16-29-27(18-25)20-30(42-29)34(32-23(3)38-44-24(32)4)43-36(5,6)35(40)41-7/h8-18,20,33-34H,19H2,1-7H3,(H,37,39). The van der Waals surface area contributed by atoms with Crippen molar-refractivity contribution in [1.82, 2.24) is 10.5 Å². The molecule has 8 heteroatoms. The van der Waals surface area contributed by atoms with Crippen molar-refractivity contribution in [3.63, 3.8) is 0 Å². The Labute approximate surface area is 257 Å². The smallest absolute Gasteiger partial charge is 0.337 e. The third-order valence-electron chi connectivity index (χ3n) is 7.84. The molecule has 0 bridgehead atoms. The van der Waals surface area contributed by atoms with Crippen molar-refractivity contribution in [3.8, 4) is 0 Å². The average Bonchev–Trinajstić information content (AvgIpc) is 3.57. The van der Waals surface area contributed by atoms with Crippen LogP contribution in [0.15, 0.2) is 81.7 Å². The van der Waals surface area contributed by atoms with Gasteiger partial charge in [0.15, 0.2) is 5.60 Å². The normalized spacial score (nSPS) is 13.1. The molecule has 2 unspecified atom stereocenters. The van der Waals surface area contributed by atoms with Gasteiger partial charge in [-0.15, -0.1) is 0 Å². The fourth-order valence-electron chi connectivity index (χ4n) is 5.60. The number of hydrogen-bond donors (Lipinski definition) is 1. The van der Waals surface area contributed by atoms with E-state index in [-0.39, 0.29) is 18.4 Å². The van der Waals surface area contributed by atoms with Crippen LogP contribution in [0.25, 0.3) is 11.0 Å². The SMILES string of the molecule is COC(=O)C(C)(C)OC(c1cc2cc(CC(=O)NC(c3ccccc3)c3ccc(C)cc3C)ccc2o1)c1c(C)noc1C. The summed E-state index contributed by atoms with van der Waals surface area (Å²) in [6, 6.07) is 23.5. The topological polar surface area (TPSA) is 104 Å². The second-order valence-electron chi connectivity index (χ2n) is 11.7. The molecular formula is C36H38N2O6. The number of fused-ring (bicyclic) bond motifs is 1. The molecule has 8 nitrogen and oxygen atoms in total. The zero-order valence-electron chi connectivity index (χ0n) is 26.2. The number of aromatic nitrogens is 1. The van der Waals surface area contributed by atoms with Gasteiger partial charge in [0.25, 0.3) is 0 Å². The number of methoxy groups -OCH3 is 1. The van der Waals surface area contributed by atoms with Crippen molar-refractivity contribution >= 4 is 22.8 Å². The van der Waals surface area contributed by atoms with Crippen molar-refractivity contribution in [2.45, 2.75) is 65.7 Å². The molecule has 5 rings (SSSR count). The Morgan fingerprint density at radius 1 is 0.955 bits per heavy atom. The molecule has 44 heavy (non-hydrogen) atoms. The van der Waals surface area contributed by atoms with Crippen LogP contribution in [0.2, 0.25) is 0 Å². The lowest BCUT2D eigenvalue weighted by Crippen LogP contribution is -2.37. The Morgan fingerprint density at radius 3 is 2.36 bits per heavy atom. The van der Waals surface area contributed by atoms with Crippen molar-refractivity contribution in [1.29, 1.82) is 0 Å². The Hall–Kier alpha value is -4.69. The number of furan rings is 1. The molecule has 0 spiro atoms. The van der Waals surface area contributed by atoms with Gasteiger partial charge in [0.1, 0.15) is 23.2 Å². The van der Waals surface area contributed by atoms with Crippen LogP contribution in [0.5, 0.6) is 0 Å². The molecule has 2 atom stereocenters. The van der Waals surface area contributed by atoms with Crippen LogP contribution in [-0.4, -0.2) is 29.7 Å². The maximum Gasteiger partial charge on any atom is 0.337 e. The number of carbonyl (C=O) groups excluding carboxylic acids is 2. The minimum absolute atomic E-state index is 0.0985. The van der Waals surface area contributed by atoms with Crippen molar-refractivity contribution < 1.29 is 28.0 Å². The maximum absolute atomic E-state index is 13.5. The lowest BCUT2D eigenvalue weighted by Gasteiger charge is -2.27. The van der Waals surface area contributed by atoms with E-state index in [4.69, 9.17) is 18.4 Å². The van der Waals surface area contributed by atoms with E-state index in [1.807, 2.05) is 61.5 Å². The molecule has 0 radical (unpaired) electrons. The number of esters is 1. The van der Waals surface area contributed by atoms with Gasteiger partial charge in [0.2, 0.25) is 5.91 Å². The predicted molar refractivity (Wildman–Crippen MR) is 167 cm³/mol. The largest absolute Gasteiger partial charge is 0.467 e. The molecule has 3 aromatic carbocycles. The van der Waals surface area contributed by atoms with E-state index >= 15 is 0 Å². The van der Waals surface area contributed by atoms with Crippen LogP contribution in [-0.2, 0) is 25.5 Å². The first-order chi connectivity index (χ1) is 21.0. The Morgan fingerprint density at radius 2 is 1.70 bits per heavy atom. The number of rotatable bonds is 10. The van der Waals surface area contributed by atoms with E-state index < -0.39 is 17.7 Å². The number of amides is 1. The first kappa shape index (κ1) is 30.8. The summed E-state index contributed by atoms with van der Waals surface area (Å²) in [5.41, 5.74) is 5.86. The monoisotopic (exact) mass is 594 g/mol. The van der Waals surface area contributed by atoms with E-state index in [1.165, 1.54) is 12.7 Å². The molecule has 0 saturated heterocycles. The van der Waals surface area contributed by atoms with Crippen LogP contribution in [0, 0.1) is 27.7 Å². The highest BCUT2D eigenvalue weighted by molar-refractivity contribution is 5.84. The number of nitrogens with zero attached hydrogens (tertiary/aromatic N) is 1. The van der Waals surface area contributed by atoms with Gasteiger partial charge >= 0.3 is 5.97 Å². The zero-order valence-corrected chi connectivity index (χ0v) is 26.2. The third kappa shape index (κ3) is 6.45. The van der Waals surface area contributed by atoms with Crippen molar-refractivity contribution in [3.05, 3.63) is 123 Å². The second-order valence-corrected chi connectivity index (χ2v) is 11.7. The zero-order chi connectivity index (χ0) is 31.6. The Balaban J connectivity index is 1.42. The van der Waals surface area contributed by atoms with E-state index in [1.54, 1.807) is 20.8 Å². The van der Waals surface area contributed by atoms with Gasteiger partial charge in [0, 0.05) is 5.39 Å². The summed E-state index contributed by atoms with van der Waals surface area (Å²) in [7, 11) is 1.32. The summed E-state index contributed by atoms with van der Waals surface area (Å²) in [6.45, 7) is 11.0. The molecule has 5 aromatic rings. The van der Waals surface area contributed by atoms with Gasteiger partial charge in [-0.2, -0.15) is 0 Å². The number of nitrogens with one attached hydrogen (secondary N) is 1. The number of ether oxygens (including phenoxy) is 2. The molecule has 0 aliphatic carbocycles. The first-order valence-electron chi connectivity index (χ1n) is 14.6. The molecule has 0 aliphatic rings. The van der Waals surface area contributed by atoms with Gasteiger partial charge in [0.05, 0.1) is 30.8 Å². The molecule has 228 valence electrons. The fourth-order valence-corrected chi connectivity index (χ4v) is 5.60. The molecule has 0 aliphatic heterocycles. The van der Waals surface area contributed by atoms with Crippen LogP contribution in [0.4, 0.5) is 0 Å². The lowest BCUT2D eigenvalue weighted by molar-refractivity contribution is -0.170. The van der Waals surface area contributed by atoms with Gasteiger partial charge in [-0.25, -0.2) is 4.79 Å². The van der Waals surface area contributed by atoms with Gasteiger partial charge in [-0.3, -0.25) is 4.79 Å². The van der Waals surface area contributed by atoms with Crippen LogP contribution < -0.4 is 5.32 Å². The molecule has 0 fully saturated rings. The van der Waals surface area contributed by atoms with Gasteiger partial charge in [-0.05, 0) is 82.0 Å². The van der Waals surface area contributed by atoms with Crippen molar-refractivity contribution in [2.75, 3.05) is 7.11 Å². The van der Waals surface area contributed by atoms with Crippen LogP contribution >= 0.6 is 0 Å². The van der Waals surface area contributed by atoms with Gasteiger partial charge in [-0.1, -0.05) is 65.3 Å². The molecule has 1 amide bonds. The summed E-state index contributed by atoms with van der Waals surface area (Å²) in [5.74, 6) is 0.418. The molecule has 2 heterocycles. The molecule has 0 saturated carbocycles. The molecule has 1 N–H and O–H groups in total. The predicted octanol–water partition coefficient (Wildman–Crippen LogP) is 7.16. The maximum atomic E-state index is 13.5. The average molecular weight is 595 g/mol. The minimum atomic E-state index is -1.27. The number of carbonyl (C=O) groups is 2. The van der Waals surface area contributed by atoms with Crippen LogP contribution in [0.1, 0.15) is 76.6 Å². The van der Waals surface area contributed by atoms with E-state index in [0.717, 1.165) is 27.6 Å². The molecule has 2 aromatic heterocycles. The van der Waals surface area contributed by atoms with Crippen molar-refractivity contribution in [2.24, 2.45) is 0 Å². The number of benzene rings is 3. The van der Waals surface area contributed by atoms with E-state index in [0.29, 0.717) is 28.4 Å². The van der Waals surface area contributed by atoms with Gasteiger partial charge < -0.3 is 23.7 Å². The quantitative estimate of drug-likeness (QED) is 0.171. The third-order valence-corrected chi connectivity index (χ3v) is 7.84. The summed E-state index contributed by atoms with van der Waals surface area (Å²) < 4.78 is 22.9. The van der Waals surface area contributed by atoms with E-state index in [9.17, 15) is 9.59 Å². The van der Waals surface area contributed by atoms with Crippen LogP contribution in [0.3, 0.4) is 0 Å². The summed E-state index contributed by atoms with van der Waals surface area (Å²) in [6.07, 6.45) is -0.594. The highest BCUT2D eigenvalue weighted by atomic mass is 16.6. The minimum Gasteiger partial charge on any atom is -0.467 e. The fraction of sp³-hybridized carbons (Fsp3) is 0.306. The number of aryl methyl sites for hydroxylation is 4. The lowest BCUT2D eigenvalue weighted by atomic mass is 9.93. The summed E-state index contributed by atoms with van der Waals surface area (Å²) in [5, 5.41) is 8.14. The van der Waals surface area contributed by atoms with E-state index in [2.05, 4.69) is 42.5 Å². The number of hydrogen-bond acceptors (Lipinski definition) is 7. The second kappa shape index (κ2) is 12.5. The summed E-state index contributed by atoms with van der Waals surface area (Å²) >= 11 is 0. The first-order valence-corrected chi connectivity index (χ1v) is 14.6. The highest BCUT2D eigenvalue weighted by Crippen LogP contribution is 2.38.